The third-order valence-corrected chi connectivity index (χ3v) is 5.57. The second-order valence-corrected chi connectivity index (χ2v) is 7.37. The number of fused-ring (bicyclic) bond motifs is 2. The third-order valence-electron chi connectivity index (χ3n) is 5.57. The van der Waals surface area contributed by atoms with Gasteiger partial charge >= 0.3 is 0 Å². The second kappa shape index (κ2) is 6.99. The standard InChI is InChI=1S/C22H22O5/c23-18-7-6-13(16-10-21(26)22(27)11-17(16)18)5-4-12-2-1-3-14-8-19(24)20(25)9-15(12)14/h1-3,6-7,19-27H,8-11H2/t19-,20+,21+,22-/m1/s1. The van der Waals surface area contributed by atoms with Crippen LogP contribution >= 0.6 is 0 Å². The van der Waals surface area contributed by atoms with Gasteiger partial charge in [-0.2, -0.15) is 0 Å². The van der Waals surface area contributed by atoms with Gasteiger partial charge in [0.25, 0.3) is 0 Å². The average molecular weight is 366 g/mol. The molecule has 4 rings (SSSR count). The molecule has 0 aliphatic heterocycles. The molecule has 0 bridgehead atoms. The van der Waals surface area contributed by atoms with E-state index in [-0.39, 0.29) is 18.6 Å². The smallest absolute Gasteiger partial charge is 0.119 e. The van der Waals surface area contributed by atoms with Crippen molar-refractivity contribution in [3.8, 4) is 17.6 Å². The molecular formula is C22H22O5. The van der Waals surface area contributed by atoms with E-state index >= 15 is 0 Å². The van der Waals surface area contributed by atoms with Crippen LogP contribution in [-0.4, -0.2) is 49.9 Å². The van der Waals surface area contributed by atoms with Crippen molar-refractivity contribution in [1.29, 1.82) is 0 Å². The number of phenolic OH excluding ortho intramolecular Hbond substituents is 1. The van der Waals surface area contributed by atoms with Gasteiger partial charge in [-0.15, -0.1) is 0 Å². The third kappa shape index (κ3) is 3.33. The molecule has 4 atom stereocenters. The van der Waals surface area contributed by atoms with Gasteiger partial charge in [-0.25, -0.2) is 0 Å². The van der Waals surface area contributed by atoms with Crippen molar-refractivity contribution in [3.05, 3.63) is 63.7 Å². The summed E-state index contributed by atoms with van der Waals surface area (Å²) in [4.78, 5) is 0. The fourth-order valence-corrected chi connectivity index (χ4v) is 3.97. The number of rotatable bonds is 0. The highest BCUT2D eigenvalue weighted by atomic mass is 16.3. The minimum atomic E-state index is -0.888. The molecule has 0 heterocycles. The first-order valence-electron chi connectivity index (χ1n) is 9.12. The van der Waals surface area contributed by atoms with Crippen LogP contribution in [-0.2, 0) is 25.7 Å². The lowest BCUT2D eigenvalue weighted by Crippen LogP contribution is -2.35. The van der Waals surface area contributed by atoms with E-state index in [1.807, 2.05) is 18.2 Å². The van der Waals surface area contributed by atoms with Gasteiger partial charge in [0.05, 0.1) is 24.4 Å². The summed E-state index contributed by atoms with van der Waals surface area (Å²) in [6.45, 7) is 0. The van der Waals surface area contributed by atoms with E-state index in [9.17, 15) is 25.5 Å². The predicted molar refractivity (Wildman–Crippen MR) is 99.4 cm³/mol. The maximum absolute atomic E-state index is 10.1. The molecule has 0 spiro atoms. The van der Waals surface area contributed by atoms with Crippen LogP contribution in [0.15, 0.2) is 30.3 Å². The quantitative estimate of drug-likeness (QED) is 0.436. The van der Waals surface area contributed by atoms with E-state index < -0.39 is 24.4 Å². The van der Waals surface area contributed by atoms with Crippen molar-refractivity contribution >= 4 is 0 Å². The predicted octanol–water partition coefficient (Wildman–Crippen LogP) is 0.433. The molecule has 0 aromatic heterocycles. The number of aromatic hydroxyl groups is 1. The summed E-state index contributed by atoms with van der Waals surface area (Å²) in [6.07, 6.45) is -2.10. The summed E-state index contributed by atoms with van der Waals surface area (Å²) in [5.41, 5.74) is 4.85. The molecule has 2 aromatic rings. The Labute approximate surface area is 157 Å². The van der Waals surface area contributed by atoms with E-state index in [4.69, 9.17) is 0 Å². The fraction of sp³-hybridized carbons (Fsp3) is 0.364. The van der Waals surface area contributed by atoms with Crippen LogP contribution in [0.1, 0.15) is 33.4 Å². The molecule has 5 nitrogen and oxygen atoms in total. The number of hydrogen-bond donors (Lipinski definition) is 5. The van der Waals surface area contributed by atoms with Gasteiger partial charge in [0.2, 0.25) is 0 Å². The maximum atomic E-state index is 10.1. The Balaban J connectivity index is 1.73. The minimum Gasteiger partial charge on any atom is -0.508 e. The largest absolute Gasteiger partial charge is 0.508 e. The highest BCUT2D eigenvalue weighted by Crippen LogP contribution is 2.32. The van der Waals surface area contributed by atoms with Crippen molar-refractivity contribution in [2.45, 2.75) is 50.1 Å². The van der Waals surface area contributed by atoms with E-state index in [1.54, 1.807) is 12.1 Å². The zero-order chi connectivity index (χ0) is 19.1. The molecule has 140 valence electrons. The minimum absolute atomic E-state index is 0.107. The van der Waals surface area contributed by atoms with Gasteiger partial charge < -0.3 is 25.5 Å². The molecule has 0 radical (unpaired) electrons. The Morgan fingerprint density at radius 1 is 0.630 bits per heavy atom. The number of hydrogen-bond acceptors (Lipinski definition) is 5. The molecule has 5 N–H and O–H groups in total. The average Bonchev–Trinajstić information content (AvgIpc) is 2.64. The van der Waals surface area contributed by atoms with Crippen molar-refractivity contribution in [3.63, 3.8) is 0 Å². The zero-order valence-corrected chi connectivity index (χ0v) is 14.8. The van der Waals surface area contributed by atoms with E-state index in [0.717, 1.165) is 22.3 Å². The van der Waals surface area contributed by atoms with E-state index in [1.165, 1.54) is 0 Å². The van der Waals surface area contributed by atoms with Gasteiger partial charge in [-0.05, 0) is 34.9 Å². The van der Waals surface area contributed by atoms with Crippen LogP contribution in [0.5, 0.6) is 5.75 Å². The summed E-state index contributed by atoms with van der Waals surface area (Å²) in [7, 11) is 0. The first-order valence-corrected chi connectivity index (χ1v) is 9.12. The van der Waals surface area contributed by atoms with Crippen LogP contribution in [0.3, 0.4) is 0 Å². The molecule has 2 aromatic carbocycles. The summed E-state index contributed by atoms with van der Waals surface area (Å²) in [6, 6.07) is 9.00. The Morgan fingerprint density at radius 3 is 1.89 bits per heavy atom. The van der Waals surface area contributed by atoms with Crippen molar-refractivity contribution in [2.75, 3.05) is 0 Å². The van der Waals surface area contributed by atoms with Crippen molar-refractivity contribution < 1.29 is 25.5 Å². The molecule has 0 saturated carbocycles. The lowest BCUT2D eigenvalue weighted by atomic mass is 9.83. The summed E-state index contributed by atoms with van der Waals surface area (Å²) >= 11 is 0. The fourth-order valence-electron chi connectivity index (χ4n) is 3.97. The highest BCUT2D eigenvalue weighted by molar-refractivity contribution is 5.56. The van der Waals surface area contributed by atoms with Crippen molar-refractivity contribution in [1.82, 2.24) is 0 Å². The van der Waals surface area contributed by atoms with Gasteiger partial charge in [0.15, 0.2) is 0 Å². The first kappa shape index (κ1) is 18.0. The van der Waals surface area contributed by atoms with Crippen LogP contribution < -0.4 is 0 Å². The summed E-state index contributed by atoms with van der Waals surface area (Å²) in [5.74, 6) is 6.39. The monoisotopic (exact) mass is 366 g/mol. The lowest BCUT2D eigenvalue weighted by Gasteiger charge is -2.27. The highest BCUT2D eigenvalue weighted by Gasteiger charge is 2.29. The first-order chi connectivity index (χ1) is 12.9. The Hall–Kier alpha value is -2.36. The second-order valence-electron chi connectivity index (χ2n) is 7.37. The lowest BCUT2D eigenvalue weighted by molar-refractivity contribution is 0.0136. The SMILES string of the molecule is Oc1ccc(C#Cc2cccc3c2C[C@H](O)[C@H](O)C3)c2c1C[C@@H](O)[C@@H](O)C2. The molecule has 5 heteroatoms. The van der Waals surface area contributed by atoms with Crippen LogP contribution in [0.25, 0.3) is 0 Å². The molecule has 0 saturated heterocycles. The van der Waals surface area contributed by atoms with Gasteiger partial charge in [-0.1, -0.05) is 24.0 Å². The molecule has 2 aliphatic carbocycles. The maximum Gasteiger partial charge on any atom is 0.119 e. The Kier molecular flexibility index (Phi) is 4.67. The van der Waals surface area contributed by atoms with Crippen molar-refractivity contribution in [2.24, 2.45) is 0 Å². The van der Waals surface area contributed by atoms with E-state index in [0.29, 0.717) is 24.0 Å². The molecule has 27 heavy (non-hydrogen) atoms. The number of benzene rings is 2. The molecule has 2 aliphatic rings. The summed E-state index contributed by atoms with van der Waals surface area (Å²) < 4.78 is 0. The number of aliphatic hydroxyl groups excluding tert-OH is 4. The topological polar surface area (TPSA) is 101 Å². The number of phenols is 1. The van der Waals surface area contributed by atoms with E-state index in [2.05, 4.69) is 11.8 Å². The molecule has 0 amide bonds. The Morgan fingerprint density at radius 2 is 1.19 bits per heavy atom. The zero-order valence-electron chi connectivity index (χ0n) is 14.8. The van der Waals surface area contributed by atoms with Crippen LogP contribution in [0.2, 0.25) is 0 Å². The van der Waals surface area contributed by atoms with Crippen LogP contribution in [0, 0.1) is 11.8 Å². The molecule has 0 fully saturated rings. The molecule has 0 unspecified atom stereocenters. The van der Waals surface area contributed by atoms with Crippen LogP contribution in [0.4, 0.5) is 0 Å². The molecular weight excluding hydrogens is 344 g/mol. The Bertz CT molecular complexity index is 940. The normalized spacial score (nSPS) is 26.5. The van der Waals surface area contributed by atoms with Gasteiger partial charge in [0, 0.05) is 42.4 Å². The number of aliphatic hydroxyl groups is 4. The van der Waals surface area contributed by atoms with Gasteiger partial charge in [-0.3, -0.25) is 0 Å². The summed E-state index contributed by atoms with van der Waals surface area (Å²) in [5, 5.41) is 49.9. The van der Waals surface area contributed by atoms with Gasteiger partial charge in [0.1, 0.15) is 5.75 Å².